The largest absolute Gasteiger partial charge is 0.399 e. The van der Waals surface area contributed by atoms with E-state index in [2.05, 4.69) is 15.9 Å². The third-order valence-electron chi connectivity index (χ3n) is 2.70. The quantitative estimate of drug-likeness (QED) is 0.855. The minimum atomic E-state index is -0.238. The maximum atomic E-state index is 13.3. The van der Waals surface area contributed by atoms with E-state index >= 15 is 0 Å². The molecule has 94 valence electrons. The Balaban J connectivity index is 2.45. The van der Waals surface area contributed by atoms with E-state index in [4.69, 9.17) is 5.73 Å². The van der Waals surface area contributed by atoms with Crippen LogP contribution in [0, 0.1) is 5.82 Å². The second kappa shape index (κ2) is 5.40. The Hall–Kier alpha value is -1.55. The van der Waals surface area contributed by atoms with Gasteiger partial charge in [0, 0.05) is 22.4 Å². The lowest BCUT2D eigenvalue weighted by molar-refractivity contribution is 0.627. The number of benzene rings is 2. The zero-order chi connectivity index (χ0) is 13.1. The minimum absolute atomic E-state index is 0.238. The summed E-state index contributed by atoms with van der Waals surface area (Å²) < 4.78 is 14.2. The smallest absolute Gasteiger partial charge is 0.125 e. The molecule has 0 spiro atoms. The first kappa shape index (κ1) is 12.9. The molecule has 18 heavy (non-hydrogen) atoms. The van der Waals surface area contributed by atoms with Crippen molar-refractivity contribution >= 4 is 33.0 Å². The summed E-state index contributed by atoms with van der Waals surface area (Å²) in [6, 6.07) is 12.2. The maximum Gasteiger partial charge on any atom is 0.125 e. The Morgan fingerprint density at radius 2 is 2.00 bits per heavy atom. The molecule has 2 aromatic carbocycles. The van der Waals surface area contributed by atoms with Crippen molar-refractivity contribution in [1.29, 1.82) is 0 Å². The molecule has 0 amide bonds. The van der Waals surface area contributed by atoms with Gasteiger partial charge in [0.1, 0.15) is 5.82 Å². The van der Waals surface area contributed by atoms with Gasteiger partial charge in [-0.2, -0.15) is 0 Å². The molecule has 2 N–H and O–H groups in total. The van der Waals surface area contributed by atoms with Gasteiger partial charge < -0.3 is 10.6 Å². The highest BCUT2D eigenvalue weighted by atomic mass is 79.9. The highest BCUT2D eigenvalue weighted by molar-refractivity contribution is 9.10. The number of nitrogens with zero attached hydrogens (tertiary/aromatic N) is 1. The van der Waals surface area contributed by atoms with Crippen LogP contribution in [0.3, 0.4) is 0 Å². The molecule has 4 heteroatoms. The van der Waals surface area contributed by atoms with Gasteiger partial charge in [-0.25, -0.2) is 4.39 Å². The summed E-state index contributed by atoms with van der Waals surface area (Å²) in [4.78, 5) is 2.02. The third-order valence-corrected chi connectivity index (χ3v) is 3.33. The number of rotatable bonds is 3. The van der Waals surface area contributed by atoms with E-state index in [1.165, 1.54) is 12.1 Å². The maximum absolute atomic E-state index is 13.3. The molecule has 0 aliphatic heterocycles. The van der Waals surface area contributed by atoms with Crippen LogP contribution in [0.1, 0.15) is 6.92 Å². The van der Waals surface area contributed by atoms with Gasteiger partial charge in [0.2, 0.25) is 0 Å². The van der Waals surface area contributed by atoms with Crippen LogP contribution in [0.25, 0.3) is 0 Å². The van der Waals surface area contributed by atoms with Crippen LogP contribution < -0.4 is 10.6 Å². The number of anilines is 3. The lowest BCUT2D eigenvalue weighted by atomic mass is 10.2. The van der Waals surface area contributed by atoms with Crippen LogP contribution in [0.5, 0.6) is 0 Å². The number of halogens is 2. The predicted octanol–water partition coefficient (Wildman–Crippen LogP) is 4.33. The van der Waals surface area contributed by atoms with Crippen LogP contribution in [0.2, 0.25) is 0 Å². The summed E-state index contributed by atoms with van der Waals surface area (Å²) in [5.74, 6) is -0.238. The van der Waals surface area contributed by atoms with E-state index in [-0.39, 0.29) is 5.82 Å². The zero-order valence-electron chi connectivity index (χ0n) is 10.0. The topological polar surface area (TPSA) is 29.3 Å². The first-order valence-electron chi connectivity index (χ1n) is 5.70. The second-order valence-electron chi connectivity index (χ2n) is 3.93. The van der Waals surface area contributed by atoms with Crippen LogP contribution in [0.15, 0.2) is 46.9 Å². The zero-order valence-corrected chi connectivity index (χ0v) is 11.6. The average molecular weight is 309 g/mol. The van der Waals surface area contributed by atoms with Crippen LogP contribution in [-0.4, -0.2) is 6.54 Å². The highest BCUT2D eigenvalue weighted by Gasteiger charge is 2.11. The molecular formula is C14H14BrFN2. The first-order valence-corrected chi connectivity index (χ1v) is 6.49. The molecule has 0 atom stereocenters. The van der Waals surface area contributed by atoms with Gasteiger partial charge in [-0.3, -0.25) is 0 Å². The van der Waals surface area contributed by atoms with Gasteiger partial charge >= 0.3 is 0 Å². The molecule has 0 aliphatic carbocycles. The summed E-state index contributed by atoms with van der Waals surface area (Å²) in [7, 11) is 0. The van der Waals surface area contributed by atoms with Gasteiger partial charge in [-0.15, -0.1) is 0 Å². The van der Waals surface area contributed by atoms with Crippen molar-refractivity contribution in [3.8, 4) is 0 Å². The fourth-order valence-electron chi connectivity index (χ4n) is 1.88. The number of nitrogens with two attached hydrogens (primary N) is 1. The van der Waals surface area contributed by atoms with E-state index in [1.54, 1.807) is 6.07 Å². The monoisotopic (exact) mass is 308 g/mol. The fraction of sp³-hybridized carbons (Fsp3) is 0.143. The molecule has 0 aliphatic rings. The molecule has 0 saturated heterocycles. The van der Waals surface area contributed by atoms with E-state index in [0.29, 0.717) is 5.69 Å². The van der Waals surface area contributed by atoms with Crippen molar-refractivity contribution in [3.05, 3.63) is 52.8 Å². The molecule has 0 aromatic heterocycles. The van der Waals surface area contributed by atoms with Crippen molar-refractivity contribution in [2.45, 2.75) is 6.92 Å². The fourth-order valence-corrected chi connectivity index (χ4v) is 2.49. The van der Waals surface area contributed by atoms with Crippen molar-refractivity contribution in [3.63, 3.8) is 0 Å². The van der Waals surface area contributed by atoms with Gasteiger partial charge in [0.15, 0.2) is 0 Å². The first-order chi connectivity index (χ1) is 8.61. The normalized spacial score (nSPS) is 10.4. The minimum Gasteiger partial charge on any atom is -0.399 e. The summed E-state index contributed by atoms with van der Waals surface area (Å²) in [5.41, 5.74) is 8.21. The average Bonchev–Trinajstić information content (AvgIpc) is 2.33. The van der Waals surface area contributed by atoms with Crippen molar-refractivity contribution in [2.75, 3.05) is 17.2 Å². The van der Waals surface area contributed by atoms with Gasteiger partial charge in [-0.05, 0) is 59.3 Å². The summed E-state index contributed by atoms with van der Waals surface area (Å²) in [5, 5.41) is 0. The Morgan fingerprint density at radius 3 is 2.61 bits per heavy atom. The van der Waals surface area contributed by atoms with E-state index in [9.17, 15) is 4.39 Å². The van der Waals surface area contributed by atoms with Gasteiger partial charge in [-0.1, -0.05) is 6.07 Å². The van der Waals surface area contributed by atoms with E-state index < -0.39 is 0 Å². The third kappa shape index (κ3) is 2.64. The van der Waals surface area contributed by atoms with Gasteiger partial charge in [0.05, 0.1) is 5.69 Å². The lowest BCUT2D eigenvalue weighted by Crippen LogP contribution is -2.16. The number of nitrogen functional groups attached to an aromatic ring is 1. The summed E-state index contributed by atoms with van der Waals surface area (Å²) in [6.07, 6.45) is 0. The van der Waals surface area contributed by atoms with Crippen LogP contribution in [-0.2, 0) is 0 Å². The van der Waals surface area contributed by atoms with Crippen LogP contribution in [0.4, 0.5) is 21.5 Å². The number of hydrogen-bond donors (Lipinski definition) is 1. The molecule has 0 unspecified atom stereocenters. The molecule has 2 nitrogen and oxygen atoms in total. The van der Waals surface area contributed by atoms with Crippen molar-refractivity contribution < 1.29 is 4.39 Å². The molecule has 0 bridgehead atoms. The Bertz CT molecular complexity index is 557. The van der Waals surface area contributed by atoms with Crippen molar-refractivity contribution in [2.24, 2.45) is 0 Å². The lowest BCUT2D eigenvalue weighted by Gasteiger charge is -2.24. The molecular weight excluding hydrogens is 295 g/mol. The van der Waals surface area contributed by atoms with Crippen LogP contribution >= 0.6 is 15.9 Å². The molecule has 2 rings (SSSR count). The summed E-state index contributed by atoms with van der Waals surface area (Å²) in [6.45, 7) is 2.76. The Labute approximate surface area is 114 Å². The molecule has 0 radical (unpaired) electrons. The Kier molecular flexibility index (Phi) is 3.87. The number of hydrogen-bond acceptors (Lipinski definition) is 2. The SMILES string of the molecule is CCN(c1cccc(F)c1)c1ccc(N)cc1Br. The van der Waals surface area contributed by atoms with Crippen molar-refractivity contribution in [1.82, 2.24) is 0 Å². The molecule has 2 aromatic rings. The van der Waals surface area contributed by atoms with E-state index in [0.717, 1.165) is 22.4 Å². The Morgan fingerprint density at radius 1 is 1.22 bits per heavy atom. The standard InChI is InChI=1S/C14H14BrFN2/c1-2-18(12-5-3-4-10(16)8-12)14-7-6-11(17)9-13(14)15/h3-9H,2,17H2,1H3. The molecule has 0 heterocycles. The summed E-state index contributed by atoms with van der Waals surface area (Å²) >= 11 is 3.49. The second-order valence-corrected chi connectivity index (χ2v) is 4.79. The highest BCUT2D eigenvalue weighted by Crippen LogP contribution is 2.33. The predicted molar refractivity (Wildman–Crippen MR) is 77.6 cm³/mol. The van der Waals surface area contributed by atoms with Gasteiger partial charge in [0.25, 0.3) is 0 Å². The molecule has 0 fully saturated rings. The molecule has 0 saturated carbocycles. The van der Waals surface area contributed by atoms with E-state index in [1.807, 2.05) is 36.1 Å².